The number of hydrogen-bond donors (Lipinski definition) is 0. The molecule has 0 saturated heterocycles. The smallest absolute Gasteiger partial charge is 0.211 e. The number of nitrogens with zero attached hydrogens (tertiary/aromatic N) is 2. The quantitative estimate of drug-likeness (QED) is 0.535. The fraction of sp³-hybridized carbons (Fsp3) is 0.786. The van der Waals surface area contributed by atoms with Crippen LogP contribution in [0.1, 0.15) is 58.8 Å². The lowest BCUT2D eigenvalue weighted by Gasteiger charge is -2.47. The lowest BCUT2D eigenvalue weighted by Crippen LogP contribution is -2.48. The average Bonchev–Trinajstić information content (AvgIpc) is 2.34. The van der Waals surface area contributed by atoms with Gasteiger partial charge < -0.3 is 0 Å². The third-order valence-electron chi connectivity index (χ3n) is 4.00. The molecule has 0 aliphatic heterocycles. The first-order valence-electron chi connectivity index (χ1n) is 6.70. The summed E-state index contributed by atoms with van der Waals surface area (Å²) in [6.07, 6.45) is 11.5. The van der Waals surface area contributed by atoms with Crippen LogP contribution in [0, 0.1) is 11.8 Å². The minimum Gasteiger partial charge on any atom is -0.211 e. The van der Waals surface area contributed by atoms with Crippen molar-refractivity contribution in [3.8, 4) is 0 Å². The van der Waals surface area contributed by atoms with E-state index in [9.17, 15) is 9.59 Å². The monoisotopic (exact) mass is 249 g/mol. The van der Waals surface area contributed by atoms with Crippen LogP contribution >= 0.6 is 0 Å². The van der Waals surface area contributed by atoms with Crippen LogP contribution in [-0.2, 0) is 9.59 Å². The Bertz CT molecular complexity index is 336. The molecule has 18 heavy (non-hydrogen) atoms. The molecule has 4 heteroatoms. The van der Waals surface area contributed by atoms with Crippen LogP contribution in [0.3, 0.4) is 0 Å². The van der Waals surface area contributed by atoms with Crippen molar-refractivity contribution in [1.29, 1.82) is 0 Å². The van der Waals surface area contributed by atoms with E-state index >= 15 is 0 Å². The van der Waals surface area contributed by atoms with Gasteiger partial charge in [0.05, 0.1) is 0 Å². The van der Waals surface area contributed by atoms with E-state index in [0.29, 0.717) is 6.42 Å². The third kappa shape index (κ3) is 2.60. The van der Waals surface area contributed by atoms with Gasteiger partial charge in [-0.2, -0.15) is 9.98 Å². The molecule has 0 N–H and O–H groups in total. The van der Waals surface area contributed by atoms with Crippen molar-refractivity contribution >= 4 is 12.2 Å². The summed E-state index contributed by atoms with van der Waals surface area (Å²) < 4.78 is 0. The summed E-state index contributed by atoms with van der Waals surface area (Å²) in [5, 5.41) is 0. The van der Waals surface area contributed by atoms with Crippen molar-refractivity contribution in [2.45, 2.75) is 64.5 Å². The maximum absolute atomic E-state index is 10.8. The fourth-order valence-corrected chi connectivity index (χ4v) is 3.32. The highest BCUT2D eigenvalue weighted by atomic mass is 16.1. The molecule has 0 aromatic carbocycles. The molecule has 1 radical (unpaired) electrons. The van der Waals surface area contributed by atoms with Crippen LogP contribution < -0.4 is 0 Å². The minimum absolute atomic E-state index is 0.219. The standard InChI is InChI=1S/C14H21N2O2/c1-3-7-13(8-4-2)9-5-6-10-14(13,15-11-17)16-12-18/h5H,3-4,6-10H2,1-2H3. The number of hydrogen-bond acceptors (Lipinski definition) is 4. The van der Waals surface area contributed by atoms with Gasteiger partial charge >= 0.3 is 0 Å². The van der Waals surface area contributed by atoms with Gasteiger partial charge in [-0.1, -0.05) is 26.7 Å². The number of rotatable bonds is 6. The second-order valence-corrected chi connectivity index (χ2v) is 5.03. The van der Waals surface area contributed by atoms with Crippen LogP contribution in [0.15, 0.2) is 9.98 Å². The summed E-state index contributed by atoms with van der Waals surface area (Å²) in [5.41, 5.74) is -1.15. The molecule has 0 atom stereocenters. The van der Waals surface area contributed by atoms with Gasteiger partial charge in [-0.25, -0.2) is 9.59 Å². The average molecular weight is 249 g/mol. The summed E-state index contributed by atoms with van der Waals surface area (Å²) in [4.78, 5) is 29.4. The van der Waals surface area contributed by atoms with Gasteiger partial charge in [0.1, 0.15) is 0 Å². The van der Waals surface area contributed by atoms with E-state index in [1.54, 1.807) is 12.2 Å². The van der Waals surface area contributed by atoms with Crippen molar-refractivity contribution in [1.82, 2.24) is 0 Å². The number of carbonyl (C=O) groups excluding carboxylic acids is 2. The third-order valence-corrected chi connectivity index (χ3v) is 4.00. The van der Waals surface area contributed by atoms with E-state index in [1.165, 1.54) is 0 Å². The molecular formula is C14H21N2O2. The molecule has 0 aromatic rings. The van der Waals surface area contributed by atoms with Crippen molar-refractivity contribution < 1.29 is 9.59 Å². The summed E-state index contributed by atoms with van der Waals surface area (Å²) >= 11 is 0. The Morgan fingerprint density at radius 2 is 1.67 bits per heavy atom. The Morgan fingerprint density at radius 3 is 2.11 bits per heavy atom. The highest BCUT2D eigenvalue weighted by Gasteiger charge is 2.52. The predicted octanol–water partition coefficient (Wildman–Crippen LogP) is 3.33. The highest BCUT2D eigenvalue weighted by molar-refractivity contribution is 5.40. The molecule has 0 spiro atoms. The summed E-state index contributed by atoms with van der Waals surface area (Å²) in [6.45, 7) is 4.21. The Kier molecular flexibility index (Phi) is 5.46. The van der Waals surface area contributed by atoms with E-state index in [0.717, 1.165) is 38.5 Å². The first-order valence-corrected chi connectivity index (χ1v) is 6.70. The summed E-state index contributed by atoms with van der Waals surface area (Å²) in [7, 11) is 0. The van der Waals surface area contributed by atoms with E-state index in [4.69, 9.17) is 0 Å². The topological polar surface area (TPSA) is 58.9 Å². The Balaban J connectivity index is 3.28. The van der Waals surface area contributed by atoms with E-state index in [-0.39, 0.29) is 5.41 Å². The van der Waals surface area contributed by atoms with Gasteiger partial charge in [0.2, 0.25) is 12.2 Å². The Morgan fingerprint density at radius 1 is 1.11 bits per heavy atom. The molecule has 99 valence electrons. The Labute approximate surface area is 109 Å². The Hall–Kier alpha value is -1.24. The second kappa shape index (κ2) is 6.63. The molecule has 0 bridgehead atoms. The summed E-state index contributed by atoms with van der Waals surface area (Å²) in [5.74, 6) is 0. The van der Waals surface area contributed by atoms with E-state index < -0.39 is 5.66 Å². The highest BCUT2D eigenvalue weighted by Crippen LogP contribution is 2.53. The number of isocyanates is 2. The number of aliphatic imine (C=N–C) groups is 2. The van der Waals surface area contributed by atoms with Gasteiger partial charge in [-0.05, 0) is 38.5 Å². The molecule has 1 fully saturated rings. The van der Waals surface area contributed by atoms with Crippen LogP contribution in [-0.4, -0.2) is 17.8 Å². The van der Waals surface area contributed by atoms with Crippen LogP contribution in [0.25, 0.3) is 0 Å². The first-order chi connectivity index (χ1) is 8.70. The molecule has 4 nitrogen and oxygen atoms in total. The maximum atomic E-state index is 10.8. The van der Waals surface area contributed by atoms with Gasteiger partial charge in [0.25, 0.3) is 0 Å². The van der Waals surface area contributed by atoms with Crippen LogP contribution in [0.5, 0.6) is 0 Å². The van der Waals surface area contributed by atoms with E-state index in [1.807, 2.05) is 0 Å². The second-order valence-electron chi connectivity index (χ2n) is 5.03. The molecule has 0 unspecified atom stereocenters. The first kappa shape index (κ1) is 14.8. The van der Waals surface area contributed by atoms with Crippen molar-refractivity contribution in [2.24, 2.45) is 15.4 Å². The molecule has 0 aromatic heterocycles. The normalized spacial score (nSPS) is 25.9. The molecule has 1 aliphatic rings. The predicted molar refractivity (Wildman–Crippen MR) is 69.4 cm³/mol. The molecule has 0 amide bonds. The zero-order valence-corrected chi connectivity index (χ0v) is 11.2. The van der Waals surface area contributed by atoms with Crippen LogP contribution in [0.2, 0.25) is 0 Å². The largest absolute Gasteiger partial charge is 0.237 e. The van der Waals surface area contributed by atoms with Gasteiger partial charge in [0.15, 0.2) is 5.66 Å². The minimum atomic E-state index is -0.933. The van der Waals surface area contributed by atoms with Crippen molar-refractivity contribution in [2.75, 3.05) is 0 Å². The van der Waals surface area contributed by atoms with E-state index in [2.05, 4.69) is 30.3 Å². The molecular weight excluding hydrogens is 228 g/mol. The lowest BCUT2D eigenvalue weighted by atomic mass is 9.61. The van der Waals surface area contributed by atoms with Gasteiger partial charge in [0, 0.05) is 5.41 Å². The molecule has 1 rings (SSSR count). The summed E-state index contributed by atoms with van der Waals surface area (Å²) in [6, 6.07) is 0. The van der Waals surface area contributed by atoms with Gasteiger partial charge in [-0.3, -0.25) is 0 Å². The van der Waals surface area contributed by atoms with Gasteiger partial charge in [-0.15, -0.1) is 0 Å². The molecule has 1 saturated carbocycles. The molecule has 1 aliphatic carbocycles. The van der Waals surface area contributed by atoms with Crippen molar-refractivity contribution in [3.63, 3.8) is 0 Å². The van der Waals surface area contributed by atoms with Crippen LogP contribution in [0.4, 0.5) is 0 Å². The maximum Gasteiger partial charge on any atom is 0.237 e. The lowest BCUT2D eigenvalue weighted by molar-refractivity contribution is 0.0680. The zero-order chi connectivity index (χ0) is 13.5. The fourth-order valence-electron chi connectivity index (χ4n) is 3.32. The molecule has 0 heterocycles. The SMILES string of the molecule is CCCC1(CCC)C[CH]CCC1(N=C=O)N=C=O. The zero-order valence-electron chi connectivity index (χ0n) is 11.2. The van der Waals surface area contributed by atoms with Crippen molar-refractivity contribution in [3.05, 3.63) is 6.42 Å².